The van der Waals surface area contributed by atoms with Gasteiger partial charge >= 0.3 is 37.7 Å². The van der Waals surface area contributed by atoms with Crippen molar-refractivity contribution in [1.82, 2.24) is 0 Å². The Balaban J connectivity index is -0.0000000655. The van der Waals surface area contributed by atoms with Gasteiger partial charge in [0.1, 0.15) is 0 Å². The van der Waals surface area contributed by atoms with Gasteiger partial charge in [-0.05, 0) is 0 Å². The molecule has 0 aromatic heterocycles. The van der Waals surface area contributed by atoms with Gasteiger partial charge in [0.15, 0.2) is 0 Å². The maximum atomic E-state index is 3.91. The van der Waals surface area contributed by atoms with Crippen LogP contribution in [0, 0.1) is 57.4 Å². The molecule has 0 amide bonds. The van der Waals surface area contributed by atoms with Crippen LogP contribution in [0.4, 0.5) is 0 Å². The average Bonchev–Trinajstić information content (AvgIpc) is 1.41. The van der Waals surface area contributed by atoms with Gasteiger partial charge in [-0.3, -0.25) is 0 Å². The molecule has 0 aliphatic heterocycles. The van der Waals surface area contributed by atoms with Crippen molar-refractivity contribution in [2.45, 2.75) is 58.9 Å². The first kappa shape index (κ1) is 26.5. The molecule has 0 nitrogen and oxygen atoms in total. The van der Waals surface area contributed by atoms with Crippen molar-refractivity contribution in [3.8, 4) is 0 Å². The van der Waals surface area contributed by atoms with Gasteiger partial charge in [0.05, 0.1) is 0 Å². The van der Waals surface area contributed by atoms with Crippen LogP contribution in [0.2, 0.25) is 58.9 Å². The van der Waals surface area contributed by atoms with Crippen LogP contribution >= 0.6 is 0 Å². The molecule has 16 heavy (non-hydrogen) atoms. The monoisotopic (exact) mass is 426 g/mol. The Morgan fingerprint density at radius 1 is 0.438 bits per heavy atom. The molecule has 0 bridgehead atoms. The topological polar surface area (TPSA) is 0 Å². The second kappa shape index (κ2) is 10.8. The van der Waals surface area contributed by atoms with E-state index in [1.54, 1.807) is 0 Å². The van der Waals surface area contributed by atoms with Gasteiger partial charge < -0.3 is 19.6 Å². The van der Waals surface area contributed by atoms with Crippen molar-refractivity contribution >= 4 is 24.2 Å². The molecule has 4 heteroatoms. The fourth-order valence-corrected chi connectivity index (χ4v) is 0. The van der Waals surface area contributed by atoms with E-state index in [-0.39, 0.29) is 37.7 Å². The predicted octanol–water partition coefficient (Wildman–Crippen LogP) is 5.09. The summed E-state index contributed by atoms with van der Waals surface area (Å²) in [5, 5.41) is 0. The summed E-state index contributed by atoms with van der Waals surface area (Å²) in [4.78, 5) is 0. The molecule has 0 N–H and O–H groups in total. The zero-order valence-corrected chi connectivity index (χ0v) is 17.9. The van der Waals surface area contributed by atoms with Crippen LogP contribution in [-0.2, 0) is 0 Å². The van der Waals surface area contributed by atoms with Crippen molar-refractivity contribution in [3.05, 3.63) is 19.6 Å². The van der Waals surface area contributed by atoms with Crippen LogP contribution < -0.4 is 0 Å². The van der Waals surface area contributed by atoms with E-state index in [1.165, 1.54) is 0 Å². The van der Waals surface area contributed by atoms with E-state index in [0.29, 0.717) is 0 Å². The minimum absolute atomic E-state index is 0. The van der Waals surface area contributed by atoms with E-state index in [2.05, 4.69) is 78.6 Å². The molecular weight excluding hydrogens is 393 g/mol. The van der Waals surface area contributed by atoms with Crippen LogP contribution in [0.3, 0.4) is 0 Å². The zero-order chi connectivity index (χ0) is 13.5. The van der Waals surface area contributed by atoms with Gasteiger partial charge in [0.25, 0.3) is 0 Å². The molecule has 0 heterocycles. The minimum Gasteiger partial charge on any atom is -0.342 e. The Kier molecular flexibility index (Phi) is 17.9. The van der Waals surface area contributed by atoms with Gasteiger partial charge in [-0.2, -0.15) is 0 Å². The number of hydrogen-bond acceptors (Lipinski definition) is 0. The molecule has 104 valence electrons. The molecule has 0 fully saturated rings. The van der Waals surface area contributed by atoms with Crippen LogP contribution in [-0.4, -0.2) is 24.2 Å². The fraction of sp³-hybridized carbons (Fsp3) is 0.750. The van der Waals surface area contributed by atoms with Crippen LogP contribution in [0.15, 0.2) is 0 Å². The summed E-state index contributed by atoms with van der Waals surface area (Å²) in [6, 6.07) is 0. The third-order valence-corrected chi connectivity index (χ3v) is 0. The van der Waals surface area contributed by atoms with E-state index in [1.807, 2.05) is 0 Å². The third-order valence-electron chi connectivity index (χ3n) is 0. The molecule has 0 spiro atoms. The van der Waals surface area contributed by atoms with E-state index in [4.69, 9.17) is 0 Å². The minimum atomic E-state index is -0.861. The molecular formula is C12H33HoSi3. The molecule has 0 saturated heterocycles. The summed E-state index contributed by atoms with van der Waals surface area (Å²) >= 11 is 0. The summed E-state index contributed by atoms with van der Waals surface area (Å²) in [6.45, 7) is 31.7. The van der Waals surface area contributed by atoms with Gasteiger partial charge in [-0.15, -0.1) is 24.2 Å². The molecule has 0 radical (unpaired) electrons. The van der Waals surface area contributed by atoms with Crippen LogP contribution in [0.5, 0.6) is 0 Å². The Bertz CT molecular complexity index is 91.3. The van der Waals surface area contributed by atoms with Gasteiger partial charge in [0.2, 0.25) is 0 Å². The SMILES string of the molecule is [CH2-][Si](C)(C)C.[CH2-][Si](C)(C)C.[CH2-][Si](C)(C)C.[Ho+3]. The second-order valence-electron chi connectivity index (χ2n) is 7.68. The molecule has 0 saturated carbocycles. The van der Waals surface area contributed by atoms with E-state index < -0.39 is 24.2 Å². The normalized spacial score (nSPS) is 11.2. The Morgan fingerprint density at radius 2 is 0.438 bits per heavy atom. The first-order valence-corrected chi connectivity index (χ1v) is 16.7. The van der Waals surface area contributed by atoms with Crippen molar-refractivity contribution in [2.24, 2.45) is 0 Å². The van der Waals surface area contributed by atoms with E-state index in [0.717, 1.165) is 0 Å². The molecule has 0 aromatic rings. The Morgan fingerprint density at radius 3 is 0.438 bits per heavy atom. The van der Waals surface area contributed by atoms with E-state index >= 15 is 0 Å². The largest absolute Gasteiger partial charge is 3.00 e. The standard InChI is InChI=1S/3C4H11Si.Ho/c3*1-5(2,3)4;/h3*1H2,2-4H3;/q3*-1;+3. The summed E-state index contributed by atoms with van der Waals surface area (Å²) in [5.41, 5.74) is 0. The molecule has 0 aliphatic rings. The summed E-state index contributed by atoms with van der Waals surface area (Å²) in [6.07, 6.45) is 0. The van der Waals surface area contributed by atoms with Crippen molar-refractivity contribution in [2.75, 3.05) is 0 Å². The van der Waals surface area contributed by atoms with Crippen molar-refractivity contribution in [3.63, 3.8) is 0 Å². The molecule has 0 unspecified atom stereocenters. The third kappa shape index (κ3) is 969. The van der Waals surface area contributed by atoms with Gasteiger partial charge in [-0.1, -0.05) is 58.9 Å². The summed E-state index contributed by atoms with van der Waals surface area (Å²) < 4.78 is 0. The maximum Gasteiger partial charge on any atom is 3.00 e. The van der Waals surface area contributed by atoms with Gasteiger partial charge in [-0.25, -0.2) is 0 Å². The summed E-state index contributed by atoms with van der Waals surface area (Å²) in [7, 11) is -2.58. The molecule has 0 aliphatic carbocycles. The quantitative estimate of drug-likeness (QED) is 0.374. The predicted molar refractivity (Wildman–Crippen MR) is 86.1 cm³/mol. The smallest absolute Gasteiger partial charge is 0.342 e. The Hall–Kier alpha value is 1.91. The number of hydrogen-bond donors (Lipinski definition) is 0. The molecule has 0 aromatic carbocycles. The zero-order valence-electron chi connectivity index (χ0n) is 12.9. The van der Waals surface area contributed by atoms with Crippen molar-refractivity contribution in [1.29, 1.82) is 0 Å². The van der Waals surface area contributed by atoms with E-state index in [9.17, 15) is 0 Å². The second-order valence-corrected chi connectivity index (χ2v) is 23.0. The van der Waals surface area contributed by atoms with Crippen molar-refractivity contribution < 1.29 is 37.7 Å². The van der Waals surface area contributed by atoms with Gasteiger partial charge in [0, 0.05) is 0 Å². The average molecular weight is 427 g/mol. The Labute approximate surface area is 139 Å². The van der Waals surface area contributed by atoms with Crippen LogP contribution in [0.1, 0.15) is 0 Å². The first-order chi connectivity index (χ1) is 6.00. The molecule has 0 rings (SSSR count). The summed E-state index contributed by atoms with van der Waals surface area (Å²) in [5.74, 6) is 0. The maximum absolute atomic E-state index is 3.91. The first-order valence-electron chi connectivity index (χ1n) is 5.56. The van der Waals surface area contributed by atoms with Crippen LogP contribution in [0.25, 0.3) is 0 Å². The molecule has 0 atom stereocenters. The fourth-order valence-electron chi connectivity index (χ4n) is 0. The number of rotatable bonds is 0.